The second-order valence-corrected chi connectivity index (χ2v) is 3.67. The molecule has 0 aromatic carbocycles. The summed E-state index contributed by atoms with van der Waals surface area (Å²) < 4.78 is 21.3. The normalized spacial score (nSPS) is 9.75. The molecule has 0 radical (unpaired) electrons. The molecule has 0 rings (SSSR count). The number of hydrazine groups is 1. The minimum absolute atomic E-state index is 0.0869. The molecular formula is C6H16N2O3S. The Bertz CT molecular complexity index is 223. The molecule has 1 amide bonds. The zero-order valence-corrected chi connectivity index (χ0v) is 8.68. The highest BCUT2D eigenvalue weighted by Crippen LogP contribution is 1.92. The van der Waals surface area contributed by atoms with Crippen LogP contribution < -0.4 is 5.84 Å². The van der Waals surface area contributed by atoms with Crippen LogP contribution in [0, 0.1) is 0 Å². The van der Waals surface area contributed by atoms with Crippen molar-refractivity contribution in [2.75, 3.05) is 6.26 Å². The summed E-state index contributed by atoms with van der Waals surface area (Å²) in [7, 11) is -3.55. The van der Waals surface area contributed by atoms with E-state index in [-0.39, 0.29) is 10.8 Å². The van der Waals surface area contributed by atoms with Crippen LogP contribution in [0.1, 0.15) is 27.2 Å². The van der Waals surface area contributed by atoms with Gasteiger partial charge < -0.3 is 0 Å². The number of hydrogen-bond acceptors (Lipinski definition) is 4. The Morgan fingerprint density at radius 2 is 1.75 bits per heavy atom. The van der Waals surface area contributed by atoms with Crippen molar-refractivity contribution in [2.24, 2.45) is 5.84 Å². The molecule has 0 fully saturated rings. The van der Waals surface area contributed by atoms with Gasteiger partial charge in [0.2, 0.25) is 15.9 Å². The van der Waals surface area contributed by atoms with Crippen LogP contribution in [0.5, 0.6) is 0 Å². The van der Waals surface area contributed by atoms with Crippen LogP contribution in [0.4, 0.5) is 0 Å². The molecule has 2 N–H and O–H groups in total. The van der Waals surface area contributed by atoms with Crippen molar-refractivity contribution in [3.05, 3.63) is 0 Å². The van der Waals surface area contributed by atoms with Gasteiger partial charge in [-0.1, -0.05) is 20.8 Å². The predicted octanol–water partition coefficient (Wildman–Crippen LogP) is 0.0845. The number of sulfonamides is 1. The SMILES string of the molecule is CC.CCC(=O)N(N)S(C)(=O)=O. The van der Waals surface area contributed by atoms with Crippen molar-refractivity contribution >= 4 is 15.9 Å². The van der Waals surface area contributed by atoms with Crippen LogP contribution in [-0.2, 0) is 14.8 Å². The quantitative estimate of drug-likeness (QED) is 0.385. The fourth-order valence-corrected chi connectivity index (χ4v) is 0.840. The first kappa shape index (κ1) is 13.9. The fourth-order valence-electron chi connectivity index (χ4n) is 0.341. The van der Waals surface area contributed by atoms with Crippen LogP contribution in [0.3, 0.4) is 0 Å². The summed E-state index contributed by atoms with van der Waals surface area (Å²) in [5.74, 6) is 4.29. The molecule has 12 heavy (non-hydrogen) atoms. The molecule has 0 atom stereocenters. The number of rotatable bonds is 2. The highest BCUT2D eigenvalue weighted by Gasteiger charge is 2.16. The summed E-state index contributed by atoms with van der Waals surface area (Å²) in [6, 6.07) is 0. The number of carbonyl (C=O) groups is 1. The number of carbonyl (C=O) groups excluding carboxylic acids is 1. The van der Waals surface area contributed by atoms with E-state index in [1.165, 1.54) is 6.92 Å². The first-order valence-corrected chi connectivity index (χ1v) is 5.52. The van der Waals surface area contributed by atoms with Crippen LogP contribution in [0.2, 0.25) is 0 Å². The van der Waals surface area contributed by atoms with Gasteiger partial charge in [-0.2, -0.15) is 4.41 Å². The van der Waals surface area contributed by atoms with Crippen LogP contribution in [0.25, 0.3) is 0 Å². The van der Waals surface area contributed by atoms with Gasteiger partial charge in [0.05, 0.1) is 6.26 Å². The number of amides is 1. The third-order valence-electron chi connectivity index (χ3n) is 0.906. The highest BCUT2D eigenvalue weighted by atomic mass is 32.2. The van der Waals surface area contributed by atoms with E-state index in [1.54, 1.807) is 0 Å². The zero-order valence-electron chi connectivity index (χ0n) is 7.86. The van der Waals surface area contributed by atoms with Crippen molar-refractivity contribution in [2.45, 2.75) is 27.2 Å². The van der Waals surface area contributed by atoms with Crippen molar-refractivity contribution in [3.63, 3.8) is 0 Å². The van der Waals surface area contributed by atoms with E-state index in [4.69, 9.17) is 5.84 Å². The van der Waals surface area contributed by atoms with Crippen molar-refractivity contribution in [1.82, 2.24) is 4.41 Å². The van der Waals surface area contributed by atoms with Crippen LogP contribution in [-0.4, -0.2) is 25.0 Å². The van der Waals surface area contributed by atoms with Crippen molar-refractivity contribution < 1.29 is 13.2 Å². The Balaban J connectivity index is 0. The average Bonchev–Trinajstić information content (AvgIpc) is 2.04. The maximum absolute atomic E-state index is 10.6. The molecule has 0 saturated heterocycles. The molecule has 0 bridgehead atoms. The van der Waals surface area contributed by atoms with Gasteiger partial charge in [-0.05, 0) is 0 Å². The molecule has 0 aliphatic rings. The summed E-state index contributed by atoms with van der Waals surface area (Å²) in [5.41, 5.74) is 0. The lowest BCUT2D eigenvalue weighted by atomic mass is 10.5. The summed E-state index contributed by atoms with van der Waals surface area (Å²) in [5, 5.41) is 0. The van der Waals surface area contributed by atoms with Gasteiger partial charge >= 0.3 is 0 Å². The van der Waals surface area contributed by atoms with E-state index in [2.05, 4.69) is 0 Å². The molecule has 0 unspecified atom stereocenters. The molecule has 0 aromatic heterocycles. The van der Waals surface area contributed by atoms with E-state index in [0.29, 0.717) is 0 Å². The van der Waals surface area contributed by atoms with Gasteiger partial charge in [-0.3, -0.25) is 4.79 Å². The standard InChI is InChI=1S/C4H10N2O3S.C2H6/c1-3-4(7)6(5)10(2,8)9;1-2/h3,5H2,1-2H3;1-2H3. The summed E-state index contributed by atoms with van der Waals surface area (Å²) in [6.45, 7) is 5.54. The van der Waals surface area contributed by atoms with Gasteiger partial charge in [0, 0.05) is 6.42 Å². The first-order chi connectivity index (χ1) is 5.39. The Morgan fingerprint density at radius 3 is 1.83 bits per heavy atom. The highest BCUT2D eigenvalue weighted by molar-refractivity contribution is 7.88. The minimum atomic E-state index is -3.55. The van der Waals surface area contributed by atoms with E-state index >= 15 is 0 Å². The third-order valence-corrected chi connectivity index (χ3v) is 1.82. The molecule has 0 aliphatic carbocycles. The van der Waals surface area contributed by atoms with Gasteiger partial charge in [0.25, 0.3) is 0 Å². The third kappa shape index (κ3) is 5.09. The molecule has 0 heterocycles. The molecule has 74 valence electrons. The topological polar surface area (TPSA) is 80.5 Å². The average molecular weight is 196 g/mol. The summed E-state index contributed by atoms with van der Waals surface area (Å²) >= 11 is 0. The van der Waals surface area contributed by atoms with E-state index in [9.17, 15) is 13.2 Å². The van der Waals surface area contributed by atoms with Crippen molar-refractivity contribution in [3.8, 4) is 0 Å². The Hall–Kier alpha value is -0.620. The van der Waals surface area contributed by atoms with Gasteiger partial charge in [-0.15, -0.1) is 0 Å². The minimum Gasteiger partial charge on any atom is -0.272 e. The number of hydrogen-bond donors (Lipinski definition) is 1. The summed E-state index contributed by atoms with van der Waals surface area (Å²) in [4.78, 5) is 10.6. The molecule has 5 nitrogen and oxygen atoms in total. The molecule has 0 aliphatic heterocycles. The monoisotopic (exact) mass is 196 g/mol. The van der Waals surface area contributed by atoms with E-state index in [0.717, 1.165) is 6.26 Å². The number of nitrogens with zero attached hydrogens (tertiary/aromatic N) is 1. The molecule has 0 saturated carbocycles. The Labute approximate surface area is 73.6 Å². The molecule has 0 aromatic rings. The van der Waals surface area contributed by atoms with E-state index in [1.807, 2.05) is 13.8 Å². The number of nitrogens with two attached hydrogens (primary N) is 1. The molecule has 0 spiro atoms. The molecule has 6 heteroatoms. The second-order valence-electron chi connectivity index (χ2n) is 1.81. The first-order valence-electron chi connectivity index (χ1n) is 3.67. The maximum atomic E-state index is 10.6. The van der Waals surface area contributed by atoms with E-state index < -0.39 is 15.9 Å². The van der Waals surface area contributed by atoms with Gasteiger partial charge in [-0.25, -0.2) is 14.3 Å². The lowest BCUT2D eigenvalue weighted by Gasteiger charge is -2.11. The Morgan fingerprint density at radius 1 is 1.42 bits per heavy atom. The fraction of sp³-hybridized carbons (Fsp3) is 0.833. The van der Waals surface area contributed by atoms with Gasteiger partial charge in [0.1, 0.15) is 0 Å². The smallest absolute Gasteiger partial charge is 0.250 e. The predicted molar refractivity (Wildman–Crippen MR) is 47.5 cm³/mol. The van der Waals surface area contributed by atoms with Crippen LogP contribution in [0.15, 0.2) is 0 Å². The molecular weight excluding hydrogens is 180 g/mol. The lowest BCUT2D eigenvalue weighted by molar-refractivity contribution is -0.126. The van der Waals surface area contributed by atoms with Crippen LogP contribution >= 0.6 is 0 Å². The second kappa shape index (κ2) is 5.96. The zero-order chi connectivity index (χ0) is 10.4. The lowest BCUT2D eigenvalue weighted by Crippen LogP contribution is -2.41. The van der Waals surface area contributed by atoms with Gasteiger partial charge in [0.15, 0.2) is 0 Å². The largest absolute Gasteiger partial charge is 0.272 e. The van der Waals surface area contributed by atoms with Crippen molar-refractivity contribution in [1.29, 1.82) is 0 Å². The maximum Gasteiger partial charge on any atom is 0.250 e. The Kier molecular flexibility index (Phi) is 6.92. The summed E-state index contributed by atoms with van der Waals surface area (Å²) in [6.07, 6.45) is 0.962.